The van der Waals surface area contributed by atoms with Crippen LogP contribution in [0.4, 0.5) is 23.7 Å². The van der Waals surface area contributed by atoms with Crippen molar-refractivity contribution in [3.63, 3.8) is 0 Å². The van der Waals surface area contributed by atoms with Gasteiger partial charge in [0.1, 0.15) is 5.75 Å². The van der Waals surface area contributed by atoms with E-state index < -0.39 is 48.7 Å². The van der Waals surface area contributed by atoms with Crippen molar-refractivity contribution in [1.29, 1.82) is 0 Å². The van der Waals surface area contributed by atoms with Crippen molar-refractivity contribution in [2.75, 3.05) is 11.9 Å². The highest BCUT2D eigenvalue weighted by Gasteiger charge is 2.31. The van der Waals surface area contributed by atoms with E-state index in [1.54, 1.807) is 12.1 Å². The molecule has 3 aromatic carbocycles. The SMILES string of the molecule is CC(C)(C)c1ccc([C@H](NC(=O)Nc2ccc(OC(F)(F)F)cc2)c2ccc(C(=O)NC[C@@H](O)C(=O)O)cc2)cc1. The number of anilines is 1. The molecule has 2 atom stereocenters. The Labute approximate surface area is 234 Å². The lowest BCUT2D eigenvalue weighted by Gasteiger charge is -2.23. The maximum absolute atomic E-state index is 12.9. The van der Waals surface area contributed by atoms with E-state index >= 15 is 0 Å². The van der Waals surface area contributed by atoms with Gasteiger partial charge in [0.2, 0.25) is 0 Å². The van der Waals surface area contributed by atoms with Gasteiger partial charge in [-0.15, -0.1) is 13.2 Å². The zero-order valence-electron chi connectivity index (χ0n) is 22.5. The summed E-state index contributed by atoms with van der Waals surface area (Å²) in [7, 11) is 0. The molecule has 41 heavy (non-hydrogen) atoms. The Morgan fingerprint density at radius 2 is 1.39 bits per heavy atom. The lowest BCUT2D eigenvalue weighted by molar-refractivity contribution is -0.274. The number of halogens is 3. The first kappa shape index (κ1) is 31.0. The molecule has 218 valence electrons. The third-order valence-electron chi connectivity index (χ3n) is 5.98. The van der Waals surface area contributed by atoms with Crippen molar-refractivity contribution < 1.29 is 42.5 Å². The van der Waals surface area contributed by atoms with Crippen molar-refractivity contribution in [1.82, 2.24) is 10.6 Å². The molecule has 0 aliphatic carbocycles. The number of rotatable bonds is 9. The molecule has 0 heterocycles. The van der Waals surface area contributed by atoms with E-state index in [-0.39, 0.29) is 16.7 Å². The normalized spacial score (nSPS) is 13.0. The predicted molar refractivity (Wildman–Crippen MR) is 145 cm³/mol. The number of nitrogens with one attached hydrogen (secondary N) is 3. The molecule has 3 aromatic rings. The molecule has 0 radical (unpaired) electrons. The van der Waals surface area contributed by atoms with Gasteiger partial charge >= 0.3 is 18.4 Å². The van der Waals surface area contributed by atoms with Crippen LogP contribution in [0, 0.1) is 0 Å². The number of hydrogen-bond donors (Lipinski definition) is 5. The number of carbonyl (C=O) groups is 3. The number of benzene rings is 3. The highest BCUT2D eigenvalue weighted by molar-refractivity contribution is 5.94. The molecule has 0 saturated heterocycles. The molecule has 3 rings (SSSR count). The Kier molecular flexibility index (Phi) is 9.61. The number of amides is 3. The number of aliphatic carboxylic acids is 1. The number of hydrogen-bond acceptors (Lipinski definition) is 5. The van der Waals surface area contributed by atoms with Crippen LogP contribution in [-0.4, -0.2) is 47.1 Å². The average molecular weight is 574 g/mol. The van der Waals surface area contributed by atoms with Crippen LogP contribution in [-0.2, 0) is 10.2 Å². The third-order valence-corrected chi connectivity index (χ3v) is 5.98. The molecule has 0 saturated carbocycles. The van der Waals surface area contributed by atoms with E-state index in [1.807, 2.05) is 24.3 Å². The summed E-state index contributed by atoms with van der Waals surface area (Å²) in [6, 6.07) is 17.2. The van der Waals surface area contributed by atoms with Crippen LogP contribution in [0.25, 0.3) is 0 Å². The minimum absolute atomic E-state index is 0.107. The van der Waals surface area contributed by atoms with E-state index in [0.29, 0.717) is 5.56 Å². The summed E-state index contributed by atoms with van der Waals surface area (Å²) in [6.07, 6.45) is -6.58. The molecule has 12 heteroatoms. The molecule has 0 aromatic heterocycles. The Hall–Kier alpha value is -4.58. The summed E-state index contributed by atoms with van der Waals surface area (Å²) in [4.78, 5) is 36.0. The van der Waals surface area contributed by atoms with E-state index in [9.17, 15) is 32.7 Å². The van der Waals surface area contributed by atoms with Crippen LogP contribution in [0.2, 0.25) is 0 Å². The molecule has 3 amide bonds. The molecule has 0 spiro atoms. The number of carboxylic acids is 1. The van der Waals surface area contributed by atoms with E-state index in [0.717, 1.165) is 23.3 Å². The summed E-state index contributed by atoms with van der Waals surface area (Å²) < 4.78 is 41.1. The largest absolute Gasteiger partial charge is 0.573 e. The molecule has 5 N–H and O–H groups in total. The number of aliphatic hydroxyl groups is 1. The second-order valence-corrected chi connectivity index (χ2v) is 10.2. The van der Waals surface area contributed by atoms with Crippen molar-refractivity contribution in [2.45, 2.75) is 44.7 Å². The van der Waals surface area contributed by atoms with Gasteiger partial charge in [0.25, 0.3) is 5.91 Å². The first-order valence-corrected chi connectivity index (χ1v) is 12.4. The number of ether oxygens (including phenoxy) is 1. The van der Waals surface area contributed by atoms with E-state index in [2.05, 4.69) is 41.5 Å². The van der Waals surface area contributed by atoms with Crippen LogP contribution < -0.4 is 20.7 Å². The van der Waals surface area contributed by atoms with Crippen molar-refractivity contribution in [3.05, 3.63) is 95.1 Å². The summed E-state index contributed by atoms with van der Waals surface area (Å²) in [6.45, 7) is 5.73. The highest BCUT2D eigenvalue weighted by Crippen LogP contribution is 2.28. The van der Waals surface area contributed by atoms with Crippen LogP contribution in [0.15, 0.2) is 72.8 Å². The zero-order chi connectivity index (χ0) is 30.4. The molecule has 0 bridgehead atoms. The van der Waals surface area contributed by atoms with Crippen molar-refractivity contribution >= 4 is 23.6 Å². The summed E-state index contributed by atoms with van der Waals surface area (Å²) in [5.41, 5.74) is 2.74. The fourth-order valence-corrected chi connectivity index (χ4v) is 3.78. The van der Waals surface area contributed by atoms with Gasteiger partial charge in [-0.25, -0.2) is 9.59 Å². The third kappa shape index (κ3) is 9.24. The topological polar surface area (TPSA) is 137 Å². The monoisotopic (exact) mass is 573 g/mol. The standard InChI is InChI=1S/C29H30F3N3O6/c1-28(2,3)20-10-8-18(9-11-20)24(17-4-6-19(7-5-17)25(37)33-16-23(36)26(38)39)35-27(40)34-21-12-14-22(15-13-21)41-29(30,31)32/h4-15,23-24,36H,16H2,1-3H3,(H,33,37)(H,38,39)(H2,34,35,40)/t23-,24-/m1/s1. The Balaban J connectivity index is 1.80. The van der Waals surface area contributed by atoms with E-state index in [1.165, 1.54) is 24.3 Å². The molecule has 0 aliphatic heterocycles. The lowest BCUT2D eigenvalue weighted by Crippen LogP contribution is -2.36. The summed E-state index contributed by atoms with van der Waals surface area (Å²) in [5.74, 6) is -2.48. The molecule has 0 fully saturated rings. The predicted octanol–water partition coefficient (Wildman–Crippen LogP) is 4.97. The van der Waals surface area contributed by atoms with Crippen LogP contribution in [0.5, 0.6) is 5.75 Å². The second-order valence-electron chi connectivity index (χ2n) is 10.2. The van der Waals surface area contributed by atoms with Gasteiger partial charge in [-0.05, 0) is 58.5 Å². The van der Waals surface area contributed by atoms with Gasteiger partial charge in [0.15, 0.2) is 6.10 Å². The number of alkyl halides is 3. The van der Waals surface area contributed by atoms with Crippen molar-refractivity contribution in [3.8, 4) is 5.75 Å². The highest BCUT2D eigenvalue weighted by atomic mass is 19.4. The first-order valence-electron chi connectivity index (χ1n) is 12.4. The van der Waals surface area contributed by atoms with Crippen LogP contribution in [0.1, 0.15) is 53.9 Å². The summed E-state index contributed by atoms with van der Waals surface area (Å²) >= 11 is 0. The minimum Gasteiger partial charge on any atom is -0.479 e. The molecule has 0 unspecified atom stereocenters. The molecule has 0 aliphatic rings. The quantitative estimate of drug-likeness (QED) is 0.245. The Morgan fingerprint density at radius 3 is 1.88 bits per heavy atom. The van der Waals surface area contributed by atoms with E-state index in [4.69, 9.17) is 5.11 Å². The Bertz CT molecular complexity index is 1350. The van der Waals surface area contributed by atoms with Crippen LogP contribution in [0.3, 0.4) is 0 Å². The van der Waals surface area contributed by atoms with Gasteiger partial charge in [0, 0.05) is 11.3 Å². The Morgan fingerprint density at radius 1 is 0.854 bits per heavy atom. The number of carboxylic acid groups (broad SMARTS) is 1. The summed E-state index contributed by atoms with van der Waals surface area (Å²) in [5, 5.41) is 25.9. The first-order chi connectivity index (χ1) is 19.1. The fraction of sp³-hybridized carbons (Fsp3) is 0.276. The number of carbonyl (C=O) groups excluding carboxylic acids is 2. The van der Waals surface area contributed by atoms with Gasteiger partial charge in [0.05, 0.1) is 12.6 Å². The smallest absolute Gasteiger partial charge is 0.479 e. The minimum atomic E-state index is -4.84. The maximum Gasteiger partial charge on any atom is 0.573 e. The maximum atomic E-state index is 12.9. The van der Waals surface area contributed by atoms with Gasteiger partial charge in [-0.3, -0.25) is 4.79 Å². The van der Waals surface area contributed by atoms with Crippen molar-refractivity contribution in [2.24, 2.45) is 0 Å². The number of aliphatic hydroxyl groups excluding tert-OH is 1. The van der Waals surface area contributed by atoms with Gasteiger partial charge in [-0.1, -0.05) is 57.2 Å². The lowest BCUT2D eigenvalue weighted by atomic mass is 9.85. The second kappa shape index (κ2) is 12.7. The molecular formula is C29H30F3N3O6. The zero-order valence-corrected chi connectivity index (χ0v) is 22.5. The average Bonchev–Trinajstić information content (AvgIpc) is 2.90. The number of urea groups is 1. The van der Waals surface area contributed by atoms with Gasteiger partial charge in [-0.2, -0.15) is 0 Å². The molecule has 9 nitrogen and oxygen atoms in total. The fourth-order valence-electron chi connectivity index (χ4n) is 3.78. The molecular weight excluding hydrogens is 543 g/mol. The van der Waals surface area contributed by atoms with Gasteiger partial charge < -0.3 is 30.9 Å². The van der Waals surface area contributed by atoms with Crippen LogP contribution >= 0.6 is 0 Å².